The number of furan rings is 1. The van der Waals surface area contributed by atoms with Gasteiger partial charge in [0.2, 0.25) is 5.91 Å². The minimum atomic E-state index is -4.04. The lowest BCUT2D eigenvalue weighted by molar-refractivity contribution is -0.119. The number of benzene rings is 2. The third-order valence-electron chi connectivity index (χ3n) is 4.13. The van der Waals surface area contributed by atoms with Gasteiger partial charge < -0.3 is 9.73 Å². The molecule has 0 saturated heterocycles. The molecule has 0 fully saturated rings. The Balaban J connectivity index is 1.64. The van der Waals surface area contributed by atoms with E-state index in [1.54, 1.807) is 48.4 Å². The molecule has 0 saturated carbocycles. The lowest BCUT2D eigenvalue weighted by Crippen LogP contribution is -2.41. The molecule has 0 unspecified atom stereocenters. The molecular weight excluding hydrogens is 427 g/mol. The first kappa shape index (κ1) is 21.9. The molecule has 0 aliphatic rings. The van der Waals surface area contributed by atoms with Crippen LogP contribution in [0.5, 0.6) is 0 Å². The van der Waals surface area contributed by atoms with Crippen molar-refractivity contribution in [3.63, 3.8) is 0 Å². The van der Waals surface area contributed by atoms with Crippen LogP contribution in [0.4, 0.5) is 10.1 Å². The zero-order valence-corrected chi connectivity index (χ0v) is 17.7. The van der Waals surface area contributed by atoms with Crippen LogP contribution < -0.4 is 9.62 Å². The summed E-state index contributed by atoms with van der Waals surface area (Å²) in [4.78, 5) is 12.4. The van der Waals surface area contributed by atoms with E-state index in [1.807, 2.05) is 12.1 Å². The zero-order chi connectivity index (χ0) is 21.4. The van der Waals surface area contributed by atoms with E-state index in [1.165, 1.54) is 12.1 Å². The molecule has 0 bridgehead atoms. The van der Waals surface area contributed by atoms with E-state index in [2.05, 4.69) is 5.32 Å². The molecule has 1 aromatic heterocycles. The maximum Gasteiger partial charge on any atom is 0.264 e. The molecule has 1 N–H and O–H groups in total. The first-order valence-corrected chi connectivity index (χ1v) is 11.8. The third kappa shape index (κ3) is 5.87. The summed E-state index contributed by atoms with van der Waals surface area (Å²) in [7, 11) is -4.04. The quantitative estimate of drug-likeness (QED) is 0.479. The standard InChI is InChI=1S/C21H21FN2O4S2/c22-17-8-10-20(11-9-17)30(26,27)24(18-5-2-1-3-6-18)15-21(25)23-12-14-29-16-19-7-4-13-28-19/h1-11,13H,12,14-16H2,(H,23,25). The first-order valence-electron chi connectivity index (χ1n) is 9.17. The van der Waals surface area contributed by atoms with Gasteiger partial charge in [0.05, 0.1) is 22.6 Å². The number of amides is 1. The summed E-state index contributed by atoms with van der Waals surface area (Å²) in [6.45, 7) is 0.00993. The highest BCUT2D eigenvalue weighted by Crippen LogP contribution is 2.23. The van der Waals surface area contributed by atoms with Crippen molar-refractivity contribution in [3.05, 3.63) is 84.6 Å². The van der Waals surface area contributed by atoms with Crippen LogP contribution in [0.1, 0.15) is 5.76 Å². The maximum absolute atomic E-state index is 13.2. The predicted octanol–water partition coefficient (Wildman–Crippen LogP) is 3.66. The van der Waals surface area contributed by atoms with E-state index in [4.69, 9.17) is 4.42 Å². The van der Waals surface area contributed by atoms with Crippen molar-refractivity contribution in [3.8, 4) is 0 Å². The molecule has 2 aromatic carbocycles. The van der Waals surface area contributed by atoms with Crippen LogP contribution in [0.2, 0.25) is 0 Å². The Hall–Kier alpha value is -2.78. The Labute approximate surface area is 179 Å². The molecular formula is C21H21FN2O4S2. The normalized spacial score (nSPS) is 11.2. The summed E-state index contributed by atoms with van der Waals surface area (Å²) >= 11 is 1.60. The Morgan fingerprint density at radius 2 is 1.77 bits per heavy atom. The Morgan fingerprint density at radius 1 is 1.03 bits per heavy atom. The summed E-state index contributed by atoms with van der Waals surface area (Å²) < 4.78 is 45.7. The van der Waals surface area contributed by atoms with Gasteiger partial charge in [-0.25, -0.2) is 12.8 Å². The van der Waals surface area contributed by atoms with Crippen LogP contribution in [0, 0.1) is 5.82 Å². The molecule has 1 amide bonds. The molecule has 0 aliphatic carbocycles. The number of sulfonamides is 1. The van der Waals surface area contributed by atoms with Crippen LogP contribution in [0.15, 0.2) is 82.3 Å². The summed E-state index contributed by atoms with van der Waals surface area (Å²) in [6, 6.07) is 16.5. The van der Waals surface area contributed by atoms with Gasteiger partial charge in [0, 0.05) is 12.3 Å². The third-order valence-corrected chi connectivity index (χ3v) is 6.90. The summed E-state index contributed by atoms with van der Waals surface area (Å²) in [5.74, 6) is 1.24. The van der Waals surface area contributed by atoms with Crippen LogP contribution in [-0.2, 0) is 20.6 Å². The fourth-order valence-corrected chi connectivity index (χ4v) is 4.84. The van der Waals surface area contributed by atoms with Crippen molar-refractivity contribution in [2.24, 2.45) is 0 Å². The van der Waals surface area contributed by atoms with Gasteiger partial charge >= 0.3 is 0 Å². The van der Waals surface area contributed by atoms with E-state index in [9.17, 15) is 17.6 Å². The van der Waals surface area contributed by atoms with Gasteiger partial charge in [-0.05, 0) is 48.5 Å². The van der Waals surface area contributed by atoms with Crippen molar-refractivity contribution in [2.75, 3.05) is 23.1 Å². The lowest BCUT2D eigenvalue weighted by atomic mass is 10.3. The van der Waals surface area contributed by atoms with Crippen LogP contribution in [0.3, 0.4) is 0 Å². The molecule has 6 nitrogen and oxygen atoms in total. The zero-order valence-electron chi connectivity index (χ0n) is 16.0. The highest BCUT2D eigenvalue weighted by molar-refractivity contribution is 7.98. The number of para-hydroxylation sites is 1. The number of hydrogen-bond acceptors (Lipinski definition) is 5. The van der Waals surface area contributed by atoms with Crippen molar-refractivity contribution in [1.82, 2.24) is 5.32 Å². The summed E-state index contributed by atoms with van der Waals surface area (Å²) in [6.07, 6.45) is 1.61. The highest BCUT2D eigenvalue weighted by atomic mass is 32.2. The fourth-order valence-electron chi connectivity index (χ4n) is 2.66. The van der Waals surface area contributed by atoms with Gasteiger partial charge in [-0.15, -0.1) is 0 Å². The van der Waals surface area contributed by atoms with Gasteiger partial charge in [0.25, 0.3) is 10.0 Å². The van der Waals surface area contributed by atoms with Crippen molar-refractivity contribution >= 4 is 33.4 Å². The van der Waals surface area contributed by atoms with Gasteiger partial charge in [-0.2, -0.15) is 11.8 Å². The SMILES string of the molecule is O=C(CN(c1ccccc1)S(=O)(=O)c1ccc(F)cc1)NCCSCc1ccco1. The smallest absolute Gasteiger partial charge is 0.264 e. The average molecular weight is 449 g/mol. The van der Waals surface area contributed by atoms with Gasteiger partial charge in [0.15, 0.2) is 0 Å². The Kier molecular flexibility index (Phi) is 7.53. The molecule has 30 heavy (non-hydrogen) atoms. The number of hydrogen-bond donors (Lipinski definition) is 1. The second-order valence-electron chi connectivity index (χ2n) is 6.28. The number of nitrogens with zero attached hydrogens (tertiary/aromatic N) is 1. The summed E-state index contributed by atoms with van der Waals surface area (Å²) in [5, 5.41) is 2.74. The molecule has 0 radical (unpaired) electrons. The minimum absolute atomic E-state index is 0.0884. The van der Waals surface area contributed by atoms with E-state index in [0.29, 0.717) is 23.7 Å². The lowest BCUT2D eigenvalue weighted by Gasteiger charge is -2.24. The number of carbonyl (C=O) groups is 1. The molecule has 158 valence electrons. The maximum atomic E-state index is 13.2. The van der Waals surface area contributed by atoms with Crippen LogP contribution in [0.25, 0.3) is 0 Å². The van der Waals surface area contributed by atoms with Crippen LogP contribution >= 0.6 is 11.8 Å². The number of nitrogens with one attached hydrogen (secondary N) is 1. The predicted molar refractivity (Wildman–Crippen MR) is 115 cm³/mol. The number of anilines is 1. The molecule has 0 aliphatic heterocycles. The monoisotopic (exact) mass is 448 g/mol. The number of thioether (sulfide) groups is 1. The minimum Gasteiger partial charge on any atom is -0.468 e. The molecule has 0 atom stereocenters. The topological polar surface area (TPSA) is 79.6 Å². The van der Waals surface area contributed by atoms with Gasteiger partial charge in [0.1, 0.15) is 18.1 Å². The molecule has 3 rings (SSSR count). The highest BCUT2D eigenvalue weighted by Gasteiger charge is 2.27. The summed E-state index contributed by atoms with van der Waals surface area (Å²) in [5.41, 5.74) is 0.351. The van der Waals surface area contributed by atoms with E-state index in [-0.39, 0.29) is 11.4 Å². The van der Waals surface area contributed by atoms with Gasteiger partial charge in [-0.1, -0.05) is 18.2 Å². The number of carbonyl (C=O) groups excluding carboxylic acids is 1. The van der Waals surface area contributed by atoms with Crippen molar-refractivity contribution in [2.45, 2.75) is 10.6 Å². The number of rotatable bonds is 10. The van der Waals surface area contributed by atoms with E-state index < -0.39 is 21.7 Å². The molecule has 0 spiro atoms. The second kappa shape index (κ2) is 10.3. The Morgan fingerprint density at radius 3 is 2.43 bits per heavy atom. The molecule has 1 heterocycles. The first-order chi connectivity index (χ1) is 14.5. The fraction of sp³-hybridized carbons (Fsp3) is 0.190. The molecule has 3 aromatic rings. The van der Waals surface area contributed by atoms with E-state index in [0.717, 1.165) is 22.2 Å². The molecule has 9 heteroatoms. The average Bonchev–Trinajstić information content (AvgIpc) is 3.26. The van der Waals surface area contributed by atoms with Crippen molar-refractivity contribution < 1.29 is 22.0 Å². The van der Waals surface area contributed by atoms with Crippen LogP contribution in [-0.4, -0.2) is 33.2 Å². The van der Waals surface area contributed by atoms with E-state index >= 15 is 0 Å². The van der Waals surface area contributed by atoms with Crippen molar-refractivity contribution in [1.29, 1.82) is 0 Å². The second-order valence-corrected chi connectivity index (χ2v) is 9.25. The largest absolute Gasteiger partial charge is 0.468 e. The van der Waals surface area contributed by atoms with Gasteiger partial charge in [-0.3, -0.25) is 9.10 Å². The number of halogens is 1. The Bertz CT molecular complexity index is 1040.